The number of likely N-dealkylation sites (tertiary alicyclic amines) is 1. The van der Waals surface area contributed by atoms with Gasteiger partial charge in [-0.3, -0.25) is 9.69 Å². The molecule has 78 heavy (non-hydrogen) atoms. The number of halogens is 3. The van der Waals surface area contributed by atoms with E-state index in [-0.39, 0.29) is 61.0 Å². The molecule has 2 saturated heterocycles. The SMILES string of the molecule is CC(CNC1CCCCC1)OC(=O)c1ccccc1.CCCCOC(=O)c1ccc(N)cc1.CCCCOc1ccc(C(=O)CCN2CCCCC2)cc1.CCCCOc1ccc(OCCCN2CCOCC2)cc1.Cl.Cl.Cl. The van der Waals surface area contributed by atoms with Gasteiger partial charge in [0, 0.05) is 56.4 Å². The Morgan fingerprint density at radius 2 is 1.04 bits per heavy atom. The highest BCUT2D eigenvalue weighted by Crippen LogP contribution is 2.20. The van der Waals surface area contributed by atoms with Gasteiger partial charge in [0.05, 0.1) is 50.8 Å². The van der Waals surface area contributed by atoms with Crippen molar-refractivity contribution in [3.63, 3.8) is 0 Å². The van der Waals surface area contributed by atoms with E-state index in [1.54, 1.807) is 36.4 Å². The lowest BCUT2D eigenvalue weighted by Gasteiger charge is -2.26. The number of hydrogen-bond donors (Lipinski definition) is 2. The second-order valence-corrected chi connectivity index (χ2v) is 19.6. The number of carbonyl (C=O) groups is 3. The van der Waals surface area contributed by atoms with Crippen molar-refractivity contribution in [3.8, 4) is 17.2 Å². The van der Waals surface area contributed by atoms with Gasteiger partial charge in [0.25, 0.3) is 0 Å². The van der Waals surface area contributed by atoms with Gasteiger partial charge >= 0.3 is 11.9 Å². The molecule has 7 rings (SSSR count). The average Bonchev–Trinajstić information content (AvgIpc) is 3.46. The molecule has 0 amide bonds. The lowest BCUT2D eigenvalue weighted by molar-refractivity contribution is 0.0333. The van der Waals surface area contributed by atoms with Crippen LogP contribution in [0.2, 0.25) is 0 Å². The smallest absolute Gasteiger partial charge is 0.338 e. The van der Waals surface area contributed by atoms with Crippen LogP contribution in [-0.4, -0.2) is 125 Å². The van der Waals surface area contributed by atoms with Crippen molar-refractivity contribution in [2.75, 3.05) is 91.2 Å². The fourth-order valence-corrected chi connectivity index (χ4v) is 8.45. The molecule has 4 aromatic rings. The maximum atomic E-state index is 12.2. The number of hydrogen-bond acceptors (Lipinski definition) is 13. The summed E-state index contributed by atoms with van der Waals surface area (Å²) >= 11 is 0. The van der Waals surface area contributed by atoms with Gasteiger partial charge in [-0.15, -0.1) is 37.2 Å². The van der Waals surface area contributed by atoms with Crippen molar-refractivity contribution in [1.29, 1.82) is 0 Å². The minimum atomic E-state index is -0.279. The van der Waals surface area contributed by atoms with Gasteiger partial charge in [-0.2, -0.15) is 0 Å². The Balaban J connectivity index is 0.000000519. The molecule has 1 aliphatic carbocycles. The Kier molecular flexibility index (Phi) is 41.4. The molecular weight excluding hydrogens is 1050 g/mol. The van der Waals surface area contributed by atoms with Gasteiger partial charge in [0.1, 0.15) is 23.4 Å². The van der Waals surface area contributed by atoms with E-state index in [1.807, 2.05) is 73.7 Å². The number of benzene rings is 4. The van der Waals surface area contributed by atoms with Gasteiger partial charge in [-0.25, -0.2) is 9.59 Å². The van der Waals surface area contributed by atoms with Crippen molar-refractivity contribution in [3.05, 3.63) is 120 Å². The Bertz CT molecular complexity index is 2090. The number of ether oxygens (including phenoxy) is 6. The fraction of sp³-hybridized carbons (Fsp3) is 0.565. The number of unbranched alkanes of at least 4 members (excludes halogenated alkanes) is 3. The van der Waals surface area contributed by atoms with Crippen LogP contribution in [0.1, 0.15) is 162 Å². The number of ketones is 1. The van der Waals surface area contributed by atoms with E-state index in [0.29, 0.717) is 35.9 Å². The number of anilines is 1. The minimum Gasteiger partial charge on any atom is -0.494 e. The van der Waals surface area contributed by atoms with Crippen LogP contribution in [0.25, 0.3) is 0 Å². The summed E-state index contributed by atoms with van der Waals surface area (Å²) in [5.41, 5.74) is 8.11. The number of piperidine rings is 1. The quantitative estimate of drug-likeness (QED) is 0.0266. The maximum absolute atomic E-state index is 12.2. The Morgan fingerprint density at radius 1 is 0.564 bits per heavy atom. The summed E-state index contributed by atoms with van der Waals surface area (Å²) in [6.07, 6.45) is 18.3. The first-order valence-electron chi connectivity index (χ1n) is 28.3. The molecule has 0 aromatic heterocycles. The normalized spacial score (nSPS) is 14.7. The Hall–Kier alpha value is -4.60. The molecule has 13 nitrogen and oxygen atoms in total. The molecule has 2 heterocycles. The van der Waals surface area contributed by atoms with E-state index < -0.39 is 0 Å². The van der Waals surface area contributed by atoms with Crippen LogP contribution in [0.5, 0.6) is 17.2 Å². The standard InChI is InChI=1S/C18H27NO2.C17H27NO3.C16H23NO2.C11H15NO2.3ClH/c1-2-3-15-21-17-9-7-16(8-10-17)18(20)11-14-19-12-5-4-6-13-19;1-2-3-12-20-16-5-7-17(8-6-16)21-13-4-9-18-10-14-19-15-11-18;1-13(12-17-15-10-6-3-7-11-15)19-16(18)14-8-4-2-5-9-14;1-2-3-8-14-11(13)9-4-6-10(12)7-5-9;;;/h7-10H,2-6,11-15H2,1H3;5-8H,2-4,9-15H2,1H3;2,4-5,8-9,13,15,17H,3,6-7,10-12H2,1H3;4-7H,2-3,8,12H2,1H3;3*1H. The third-order valence-electron chi connectivity index (χ3n) is 13.1. The van der Waals surface area contributed by atoms with Gasteiger partial charge in [-0.05, 0) is 156 Å². The summed E-state index contributed by atoms with van der Waals surface area (Å²) in [5.74, 6) is 2.41. The van der Waals surface area contributed by atoms with E-state index in [9.17, 15) is 14.4 Å². The molecule has 0 bridgehead atoms. The summed E-state index contributed by atoms with van der Waals surface area (Å²) in [7, 11) is 0. The number of nitrogens with one attached hydrogen (secondary N) is 1. The molecule has 16 heteroatoms. The highest BCUT2D eigenvalue weighted by Gasteiger charge is 2.17. The summed E-state index contributed by atoms with van der Waals surface area (Å²) in [4.78, 5) is 40.2. The van der Waals surface area contributed by atoms with E-state index in [2.05, 4.69) is 35.9 Å². The van der Waals surface area contributed by atoms with Crippen molar-refractivity contribution in [2.45, 2.75) is 143 Å². The van der Waals surface area contributed by atoms with Gasteiger partial charge in [-0.1, -0.05) is 83.9 Å². The van der Waals surface area contributed by atoms with Crippen LogP contribution in [0.3, 0.4) is 0 Å². The third kappa shape index (κ3) is 31.9. The Morgan fingerprint density at radius 3 is 1.59 bits per heavy atom. The predicted molar refractivity (Wildman–Crippen MR) is 324 cm³/mol. The molecule has 4 aromatic carbocycles. The molecule has 3 fully saturated rings. The van der Waals surface area contributed by atoms with Crippen LogP contribution in [0, 0.1) is 0 Å². The lowest BCUT2D eigenvalue weighted by atomic mass is 9.95. The number of rotatable bonds is 26. The van der Waals surface area contributed by atoms with Crippen molar-refractivity contribution in [1.82, 2.24) is 15.1 Å². The zero-order valence-corrected chi connectivity index (χ0v) is 49.8. The van der Waals surface area contributed by atoms with E-state index in [4.69, 9.17) is 34.2 Å². The molecular formula is C62H95Cl3N4O9. The van der Waals surface area contributed by atoms with Crippen LogP contribution >= 0.6 is 37.2 Å². The molecule has 0 radical (unpaired) electrons. The fourth-order valence-electron chi connectivity index (χ4n) is 8.45. The van der Waals surface area contributed by atoms with Gasteiger partial charge in [0.2, 0.25) is 0 Å². The molecule has 3 aliphatic rings. The van der Waals surface area contributed by atoms with Crippen LogP contribution < -0.4 is 25.3 Å². The van der Waals surface area contributed by atoms with E-state index >= 15 is 0 Å². The average molecular weight is 1150 g/mol. The molecule has 0 spiro atoms. The number of nitrogen functional groups attached to an aromatic ring is 1. The van der Waals surface area contributed by atoms with Crippen molar-refractivity contribution >= 4 is 60.6 Å². The molecule has 2 aliphatic heterocycles. The summed E-state index contributed by atoms with van der Waals surface area (Å²) < 4.78 is 32.8. The zero-order valence-electron chi connectivity index (χ0n) is 47.3. The largest absolute Gasteiger partial charge is 0.494 e. The van der Waals surface area contributed by atoms with Crippen molar-refractivity contribution < 1.29 is 42.8 Å². The van der Waals surface area contributed by atoms with E-state index in [0.717, 1.165) is 147 Å². The minimum absolute atomic E-state index is 0. The first-order valence-corrected chi connectivity index (χ1v) is 28.3. The number of morpholine rings is 1. The highest BCUT2D eigenvalue weighted by atomic mass is 35.5. The number of nitrogens with two attached hydrogens (primary N) is 1. The topological polar surface area (TPSA) is 151 Å². The third-order valence-corrected chi connectivity index (χ3v) is 13.1. The van der Waals surface area contributed by atoms with E-state index in [1.165, 1.54) is 51.4 Å². The summed E-state index contributed by atoms with van der Waals surface area (Å²) in [5, 5.41) is 3.50. The molecule has 3 N–H and O–H groups in total. The molecule has 1 atom stereocenters. The monoisotopic (exact) mass is 1140 g/mol. The number of Topliss-reactive ketones (excluding diaryl/α,β-unsaturated/α-hetero) is 1. The van der Waals surface area contributed by atoms with Crippen LogP contribution in [0.4, 0.5) is 5.69 Å². The second-order valence-electron chi connectivity index (χ2n) is 19.6. The second kappa shape index (κ2) is 45.2. The molecule has 1 unspecified atom stereocenters. The first kappa shape index (κ1) is 71.4. The van der Waals surface area contributed by atoms with Crippen LogP contribution in [-0.2, 0) is 14.2 Å². The predicted octanol–water partition coefficient (Wildman–Crippen LogP) is 13.5. The number of esters is 2. The Labute approximate surface area is 487 Å². The van der Waals surface area contributed by atoms with Gasteiger partial charge < -0.3 is 44.4 Å². The highest BCUT2D eigenvalue weighted by molar-refractivity contribution is 5.96. The zero-order chi connectivity index (χ0) is 53.6. The maximum Gasteiger partial charge on any atom is 0.338 e. The van der Waals surface area contributed by atoms with Crippen molar-refractivity contribution in [2.24, 2.45) is 0 Å². The lowest BCUT2D eigenvalue weighted by Crippen LogP contribution is -2.37. The van der Waals surface area contributed by atoms with Gasteiger partial charge in [0.15, 0.2) is 5.78 Å². The number of carbonyl (C=O) groups excluding carboxylic acids is 3. The van der Waals surface area contributed by atoms with Crippen LogP contribution in [0.15, 0.2) is 103 Å². The first-order chi connectivity index (χ1) is 36.7. The summed E-state index contributed by atoms with van der Waals surface area (Å²) in [6, 6.07) is 32.0. The molecule has 1 saturated carbocycles. The summed E-state index contributed by atoms with van der Waals surface area (Å²) in [6.45, 7) is 19.9. The molecule has 438 valence electrons. The number of nitrogens with zero attached hydrogens (tertiary/aromatic N) is 2.